The Labute approximate surface area is 491 Å². The molecule has 10 aromatic carbocycles. The van der Waals surface area contributed by atoms with Crippen LogP contribution in [0.15, 0.2) is 285 Å². The molecule has 1 aromatic heterocycles. The monoisotopic (exact) mass is 1070 g/mol. The molecule has 0 aliphatic heterocycles. The first kappa shape index (κ1) is 78.6. The van der Waals surface area contributed by atoms with Gasteiger partial charge in [-0.25, -0.2) is 0 Å². The van der Waals surface area contributed by atoms with E-state index >= 15 is 0 Å². The zero-order chi connectivity index (χ0) is 60.9. The molecule has 1 nitrogen and oxygen atoms in total. The van der Waals surface area contributed by atoms with Gasteiger partial charge in [-0.05, 0) is 91.6 Å². The van der Waals surface area contributed by atoms with Crippen molar-refractivity contribution < 1.29 is 0 Å². The summed E-state index contributed by atoms with van der Waals surface area (Å²) in [6, 6.07) is 95.2. The first-order chi connectivity index (χ1) is 39.3. The van der Waals surface area contributed by atoms with Crippen LogP contribution in [0.3, 0.4) is 0 Å². The Morgan fingerprint density at radius 2 is 0.400 bits per heavy atom. The summed E-state index contributed by atoms with van der Waals surface area (Å²) in [5.41, 5.74) is 7.71. The van der Waals surface area contributed by atoms with Crippen molar-refractivity contribution >= 4 is 32.3 Å². The summed E-state index contributed by atoms with van der Waals surface area (Å²) in [7, 11) is 0. The Morgan fingerprint density at radius 3 is 0.588 bits per heavy atom. The van der Waals surface area contributed by atoms with Crippen LogP contribution in [0, 0.1) is 41.5 Å². The van der Waals surface area contributed by atoms with Gasteiger partial charge in [0, 0.05) is 11.9 Å². The van der Waals surface area contributed by atoms with E-state index in [2.05, 4.69) is 228 Å². The van der Waals surface area contributed by atoms with Crippen molar-refractivity contribution in [3.63, 3.8) is 0 Å². The summed E-state index contributed by atoms with van der Waals surface area (Å²) in [5.74, 6) is 0. The Hall–Kier alpha value is -7.87. The highest BCUT2D eigenvalue weighted by atomic mass is 14.6. The standard InChI is InChI=1S/C11H10.2C10H8.4C7H8.C6H7N.7C2H6/c1-9-5-4-7-10-6-2-3-8-11(9)10;2*1-2-6-10-8-4-3-7-9(10)5-1;4*1-7-5-3-2-4-6-7;1-6-4-2-3-5-7-6;7*1-2/h2-8H,1H3;2*1-8H;4*2-6H,1H3;2-5H,1H3;7*1-2H3. The quantitative estimate of drug-likeness (QED) is 0.147. The maximum Gasteiger partial charge on any atom is 0.0372 e. The van der Waals surface area contributed by atoms with E-state index in [1.54, 1.807) is 6.20 Å². The smallest absolute Gasteiger partial charge is 0.0372 e. The number of nitrogens with zero attached hydrogens (tertiary/aromatic N) is 1. The third-order valence-electron chi connectivity index (χ3n) is 9.90. The van der Waals surface area contributed by atoms with E-state index in [-0.39, 0.29) is 0 Å². The van der Waals surface area contributed by atoms with Crippen LogP contribution >= 0.6 is 0 Å². The van der Waals surface area contributed by atoms with Crippen LogP contribution in [0.1, 0.15) is 130 Å². The first-order valence-electron chi connectivity index (χ1n) is 29.5. The minimum Gasteiger partial charge on any atom is -0.262 e. The maximum absolute atomic E-state index is 3.98. The summed E-state index contributed by atoms with van der Waals surface area (Å²) < 4.78 is 0. The zero-order valence-electron chi connectivity index (χ0n) is 53.6. The maximum atomic E-state index is 3.98. The fourth-order valence-corrected chi connectivity index (χ4v) is 6.24. The van der Waals surface area contributed by atoms with Crippen molar-refractivity contribution in [1.82, 2.24) is 4.98 Å². The predicted octanol–water partition coefficient (Wildman–Crippen LogP) is 25.4. The molecule has 80 heavy (non-hydrogen) atoms. The zero-order valence-corrected chi connectivity index (χ0v) is 53.6. The van der Waals surface area contributed by atoms with Crippen LogP contribution in [0.2, 0.25) is 0 Å². The van der Waals surface area contributed by atoms with Gasteiger partial charge in [0.1, 0.15) is 0 Å². The highest BCUT2D eigenvalue weighted by Crippen LogP contribution is 2.17. The summed E-state index contributed by atoms with van der Waals surface area (Å²) in [6.45, 7) is 40.4. The van der Waals surface area contributed by atoms with Crippen LogP contribution in [-0.2, 0) is 0 Å². The van der Waals surface area contributed by atoms with Crippen molar-refractivity contribution in [3.05, 3.63) is 319 Å². The van der Waals surface area contributed by atoms with Crippen LogP contribution in [0.5, 0.6) is 0 Å². The molecule has 0 fully saturated rings. The van der Waals surface area contributed by atoms with Gasteiger partial charge >= 0.3 is 0 Å². The number of hydrogen-bond acceptors (Lipinski definition) is 1. The van der Waals surface area contributed by atoms with Crippen LogP contribution < -0.4 is 0 Å². The molecular weight excluding hydrogens is 963 g/mol. The van der Waals surface area contributed by atoms with Crippen molar-refractivity contribution in [2.24, 2.45) is 0 Å². The summed E-state index contributed by atoms with van der Waals surface area (Å²) in [4.78, 5) is 3.98. The van der Waals surface area contributed by atoms with Gasteiger partial charge in [-0.1, -0.05) is 386 Å². The van der Waals surface area contributed by atoms with E-state index in [9.17, 15) is 0 Å². The third-order valence-corrected chi connectivity index (χ3v) is 9.90. The molecule has 0 spiro atoms. The molecule has 0 bridgehead atoms. The number of fused-ring (bicyclic) bond motifs is 3. The number of rotatable bonds is 0. The molecule has 0 saturated carbocycles. The second kappa shape index (κ2) is 60.4. The number of benzene rings is 10. The fraction of sp³-hybridized carbons (Fsp3) is 0.253. The van der Waals surface area contributed by atoms with Gasteiger partial charge in [0.15, 0.2) is 0 Å². The Kier molecular flexibility index (Phi) is 59.3. The molecule has 0 radical (unpaired) electrons. The lowest BCUT2D eigenvalue weighted by Crippen LogP contribution is -1.75. The average Bonchev–Trinajstić information content (AvgIpc) is 3.55. The van der Waals surface area contributed by atoms with Gasteiger partial charge in [-0.15, -0.1) is 0 Å². The van der Waals surface area contributed by atoms with Gasteiger partial charge in [-0.3, -0.25) is 4.98 Å². The predicted molar refractivity (Wildman–Crippen MR) is 370 cm³/mol. The summed E-state index contributed by atoms with van der Waals surface area (Å²) in [6.07, 6.45) is 1.79. The molecular formula is C79H107N. The van der Waals surface area contributed by atoms with Crippen LogP contribution in [0.4, 0.5) is 0 Å². The molecule has 0 aliphatic rings. The highest BCUT2D eigenvalue weighted by Gasteiger charge is 1.92. The first-order valence-corrected chi connectivity index (χ1v) is 29.5. The van der Waals surface area contributed by atoms with E-state index in [4.69, 9.17) is 0 Å². The van der Waals surface area contributed by atoms with E-state index in [1.165, 1.54) is 60.1 Å². The van der Waals surface area contributed by atoms with Crippen LogP contribution in [0.25, 0.3) is 32.3 Å². The van der Waals surface area contributed by atoms with Gasteiger partial charge in [0.2, 0.25) is 0 Å². The molecule has 11 rings (SSSR count). The molecule has 0 atom stereocenters. The lowest BCUT2D eigenvalue weighted by atomic mass is 10.1. The van der Waals surface area contributed by atoms with Crippen molar-refractivity contribution in [3.8, 4) is 0 Å². The molecule has 1 heterocycles. The van der Waals surface area contributed by atoms with Gasteiger partial charge in [0.25, 0.3) is 0 Å². The van der Waals surface area contributed by atoms with Gasteiger partial charge in [0.05, 0.1) is 0 Å². The van der Waals surface area contributed by atoms with Crippen molar-refractivity contribution in [2.75, 3.05) is 0 Å². The number of aromatic nitrogens is 1. The van der Waals surface area contributed by atoms with Crippen molar-refractivity contribution in [1.29, 1.82) is 0 Å². The minimum atomic E-state index is 1.07. The van der Waals surface area contributed by atoms with Crippen LogP contribution in [-0.4, -0.2) is 4.98 Å². The van der Waals surface area contributed by atoms with Gasteiger partial charge < -0.3 is 0 Å². The van der Waals surface area contributed by atoms with Crippen molar-refractivity contribution in [2.45, 2.75) is 138 Å². The Bertz CT molecular complexity index is 2470. The number of pyridine rings is 1. The Balaban J connectivity index is -0.000000402. The lowest BCUT2D eigenvalue weighted by Gasteiger charge is -1.98. The normalized spacial score (nSPS) is 8.25. The summed E-state index contributed by atoms with van der Waals surface area (Å²) in [5, 5.41) is 7.92. The van der Waals surface area contributed by atoms with E-state index in [0.29, 0.717) is 0 Å². The van der Waals surface area contributed by atoms with E-state index < -0.39 is 0 Å². The lowest BCUT2D eigenvalue weighted by molar-refractivity contribution is 1.20. The second-order valence-corrected chi connectivity index (χ2v) is 15.6. The Morgan fingerprint density at radius 1 is 0.188 bits per heavy atom. The molecule has 0 aliphatic carbocycles. The largest absolute Gasteiger partial charge is 0.262 e. The SMILES string of the molecule is CC.CC.CC.CC.CC.CC.CC.Cc1cccc2ccccc12.Cc1ccccc1.Cc1ccccc1.Cc1ccccc1.Cc1ccccc1.Cc1ccccn1.c1ccc2ccccc2c1.c1ccc2ccccc2c1. The summed E-state index contributed by atoms with van der Waals surface area (Å²) >= 11 is 0. The topological polar surface area (TPSA) is 12.9 Å². The second-order valence-electron chi connectivity index (χ2n) is 15.6. The fourth-order valence-electron chi connectivity index (χ4n) is 6.24. The van der Waals surface area contributed by atoms with E-state index in [0.717, 1.165) is 5.69 Å². The number of hydrogen-bond donors (Lipinski definition) is 0. The molecule has 0 saturated heterocycles. The molecule has 0 N–H and O–H groups in total. The molecule has 428 valence electrons. The average molecular weight is 1070 g/mol. The molecule has 11 aromatic rings. The molecule has 0 amide bonds. The number of aryl methyl sites for hydroxylation is 6. The third kappa shape index (κ3) is 42.2. The molecule has 0 unspecified atom stereocenters. The molecule has 1 heteroatoms. The minimum absolute atomic E-state index is 1.07. The van der Waals surface area contributed by atoms with Gasteiger partial charge in [-0.2, -0.15) is 0 Å². The van der Waals surface area contributed by atoms with E-state index in [1.807, 2.05) is 195 Å². The highest BCUT2D eigenvalue weighted by molar-refractivity contribution is 5.85.